The summed E-state index contributed by atoms with van der Waals surface area (Å²) in [5.41, 5.74) is 8.40. The summed E-state index contributed by atoms with van der Waals surface area (Å²) < 4.78 is 5.03. The number of rotatable bonds is 4. The van der Waals surface area contributed by atoms with Gasteiger partial charge in [-0.1, -0.05) is 0 Å². The number of nitrogen functional groups attached to an aromatic ring is 1. The minimum Gasteiger partial charge on any atom is -0.497 e. The molecule has 0 saturated heterocycles. The van der Waals surface area contributed by atoms with Gasteiger partial charge in [-0.25, -0.2) is 5.43 Å². The molecule has 1 heterocycles. The van der Waals surface area contributed by atoms with Crippen LogP contribution in [0.3, 0.4) is 0 Å². The van der Waals surface area contributed by atoms with Gasteiger partial charge in [-0.2, -0.15) is 10.1 Å². The normalized spacial score (nSPS) is 10.6. The van der Waals surface area contributed by atoms with Crippen molar-refractivity contribution in [3.05, 3.63) is 35.7 Å². The number of nitrogens with one attached hydrogen (secondary N) is 2. The number of methoxy groups -OCH3 is 1. The van der Waals surface area contributed by atoms with Gasteiger partial charge in [0, 0.05) is 0 Å². The van der Waals surface area contributed by atoms with Crippen molar-refractivity contribution in [2.45, 2.75) is 0 Å². The number of aromatic amines is 1. The average molecular weight is 260 g/mol. The number of nitrogens with zero attached hydrogens (tertiary/aromatic N) is 3. The summed E-state index contributed by atoms with van der Waals surface area (Å²) in [7, 11) is 1.59. The van der Waals surface area contributed by atoms with Crippen LogP contribution in [0, 0.1) is 0 Å². The van der Waals surface area contributed by atoms with E-state index in [-0.39, 0.29) is 11.8 Å². The van der Waals surface area contributed by atoms with Gasteiger partial charge in [0.2, 0.25) is 11.8 Å². The fourth-order valence-corrected chi connectivity index (χ4v) is 1.28. The largest absolute Gasteiger partial charge is 0.497 e. The average Bonchev–Trinajstić information content (AvgIpc) is 2.86. The van der Waals surface area contributed by atoms with E-state index in [2.05, 4.69) is 25.7 Å². The van der Waals surface area contributed by atoms with E-state index in [1.54, 1.807) is 31.4 Å². The number of amides is 1. The van der Waals surface area contributed by atoms with Crippen LogP contribution in [0.2, 0.25) is 0 Å². The zero-order valence-electron chi connectivity index (χ0n) is 10.1. The molecule has 1 amide bonds. The molecule has 0 atom stereocenters. The number of carbonyl (C=O) groups excluding carboxylic acids is 1. The van der Waals surface area contributed by atoms with Crippen molar-refractivity contribution in [2.75, 3.05) is 12.8 Å². The smallest absolute Gasteiger partial charge is 0.308 e. The molecule has 1 aromatic heterocycles. The van der Waals surface area contributed by atoms with Crippen LogP contribution in [-0.4, -0.2) is 34.4 Å². The van der Waals surface area contributed by atoms with Crippen LogP contribution in [0.1, 0.15) is 16.2 Å². The predicted molar refractivity (Wildman–Crippen MR) is 68.8 cm³/mol. The molecule has 0 aliphatic heterocycles. The third-order valence-electron chi connectivity index (χ3n) is 2.21. The summed E-state index contributed by atoms with van der Waals surface area (Å²) in [6.45, 7) is 0. The van der Waals surface area contributed by atoms with Crippen molar-refractivity contribution in [3.8, 4) is 5.75 Å². The van der Waals surface area contributed by atoms with Gasteiger partial charge in [-0.3, -0.25) is 9.89 Å². The molecule has 19 heavy (non-hydrogen) atoms. The molecule has 1 aromatic carbocycles. The molecular formula is C11H12N6O2. The predicted octanol–water partition coefficient (Wildman–Crippen LogP) is 0.159. The lowest BCUT2D eigenvalue weighted by Crippen LogP contribution is -2.19. The molecule has 98 valence electrons. The molecule has 2 aromatic rings. The number of hydrogen-bond donors (Lipinski definition) is 3. The summed E-state index contributed by atoms with van der Waals surface area (Å²) in [5, 5.41) is 9.71. The lowest BCUT2D eigenvalue weighted by molar-refractivity contribution is 0.0945. The molecule has 0 unspecified atom stereocenters. The fourth-order valence-electron chi connectivity index (χ4n) is 1.28. The highest BCUT2D eigenvalue weighted by atomic mass is 16.5. The van der Waals surface area contributed by atoms with E-state index in [9.17, 15) is 4.79 Å². The maximum Gasteiger partial charge on any atom is 0.308 e. The Morgan fingerprint density at radius 3 is 2.79 bits per heavy atom. The van der Waals surface area contributed by atoms with Crippen molar-refractivity contribution >= 4 is 18.1 Å². The van der Waals surface area contributed by atoms with Gasteiger partial charge >= 0.3 is 5.91 Å². The van der Waals surface area contributed by atoms with E-state index in [0.717, 1.165) is 11.3 Å². The first-order chi connectivity index (χ1) is 9.19. The van der Waals surface area contributed by atoms with Gasteiger partial charge in [0.05, 0.1) is 13.3 Å². The number of hydrogen-bond acceptors (Lipinski definition) is 6. The highest BCUT2D eigenvalue weighted by Gasteiger charge is 2.08. The summed E-state index contributed by atoms with van der Waals surface area (Å²) in [5.74, 6) is 0.237. The van der Waals surface area contributed by atoms with E-state index in [4.69, 9.17) is 10.5 Å². The number of anilines is 1. The molecule has 0 radical (unpaired) electrons. The molecule has 8 nitrogen and oxygen atoms in total. The Bertz CT molecular complexity index is 589. The quantitative estimate of drug-likeness (QED) is 0.534. The first-order valence-corrected chi connectivity index (χ1v) is 5.34. The third kappa shape index (κ3) is 3.28. The van der Waals surface area contributed by atoms with E-state index in [1.165, 1.54) is 6.21 Å². The zero-order chi connectivity index (χ0) is 13.7. The molecule has 2 rings (SSSR count). The van der Waals surface area contributed by atoms with Crippen molar-refractivity contribution in [1.29, 1.82) is 0 Å². The first-order valence-electron chi connectivity index (χ1n) is 5.34. The molecule has 0 spiro atoms. The molecular weight excluding hydrogens is 248 g/mol. The van der Waals surface area contributed by atoms with E-state index in [0.29, 0.717) is 0 Å². The van der Waals surface area contributed by atoms with E-state index < -0.39 is 5.91 Å². The van der Waals surface area contributed by atoms with Crippen molar-refractivity contribution in [1.82, 2.24) is 20.6 Å². The van der Waals surface area contributed by atoms with Crippen LogP contribution in [0.4, 0.5) is 5.95 Å². The van der Waals surface area contributed by atoms with Crippen LogP contribution in [0.25, 0.3) is 0 Å². The topological polar surface area (TPSA) is 118 Å². The van der Waals surface area contributed by atoms with Gasteiger partial charge < -0.3 is 10.5 Å². The Labute approximate surface area is 108 Å². The maximum absolute atomic E-state index is 11.5. The minimum atomic E-state index is -0.519. The van der Waals surface area contributed by atoms with Gasteiger partial charge in [-0.15, -0.1) is 5.10 Å². The van der Waals surface area contributed by atoms with Crippen LogP contribution in [0.15, 0.2) is 29.4 Å². The molecule has 8 heteroatoms. The maximum atomic E-state index is 11.5. The van der Waals surface area contributed by atoms with Gasteiger partial charge in [0.15, 0.2) is 0 Å². The number of nitrogens with two attached hydrogens (primary N) is 1. The Morgan fingerprint density at radius 2 is 2.21 bits per heavy atom. The van der Waals surface area contributed by atoms with Crippen LogP contribution >= 0.6 is 0 Å². The number of H-pyrrole nitrogens is 1. The van der Waals surface area contributed by atoms with Crippen molar-refractivity contribution in [3.63, 3.8) is 0 Å². The summed E-state index contributed by atoms with van der Waals surface area (Å²) in [6, 6.07) is 7.20. The highest BCUT2D eigenvalue weighted by molar-refractivity contribution is 5.91. The molecule has 0 aliphatic rings. The Morgan fingerprint density at radius 1 is 1.47 bits per heavy atom. The molecule has 0 saturated carbocycles. The second-order valence-electron chi connectivity index (χ2n) is 3.51. The Kier molecular flexibility index (Phi) is 3.72. The van der Waals surface area contributed by atoms with Crippen LogP contribution in [0.5, 0.6) is 5.75 Å². The van der Waals surface area contributed by atoms with E-state index >= 15 is 0 Å². The van der Waals surface area contributed by atoms with Gasteiger partial charge in [-0.05, 0) is 29.8 Å². The molecule has 4 N–H and O–H groups in total. The minimum absolute atomic E-state index is 0.00397. The second-order valence-corrected chi connectivity index (χ2v) is 3.51. The standard InChI is InChI=1S/C11H12N6O2/c1-19-8-4-2-7(3-5-8)6-13-16-10(18)9-14-11(12)17-15-9/h2-6H,1H3,(H,16,18)(H3,12,14,15,17)/b13-6+. The monoisotopic (exact) mass is 260 g/mol. The summed E-state index contributed by atoms with van der Waals surface area (Å²) in [6.07, 6.45) is 1.50. The molecule has 0 fully saturated rings. The number of ether oxygens (including phenoxy) is 1. The van der Waals surface area contributed by atoms with Gasteiger partial charge in [0.1, 0.15) is 5.75 Å². The summed E-state index contributed by atoms with van der Waals surface area (Å²) in [4.78, 5) is 15.2. The van der Waals surface area contributed by atoms with Gasteiger partial charge in [0.25, 0.3) is 0 Å². The number of benzene rings is 1. The first kappa shape index (κ1) is 12.6. The van der Waals surface area contributed by atoms with Crippen LogP contribution < -0.4 is 15.9 Å². The third-order valence-corrected chi connectivity index (χ3v) is 2.21. The molecule has 0 aliphatic carbocycles. The lowest BCUT2D eigenvalue weighted by atomic mass is 10.2. The Hall–Kier alpha value is -2.90. The highest BCUT2D eigenvalue weighted by Crippen LogP contribution is 2.09. The van der Waals surface area contributed by atoms with Crippen LogP contribution in [-0.2, 0) is 0 Å². The zero-order valence-corrected chi connectivity index (χ0v) is 10.1. The van der Waals surface area contributed by atoms with E-state index in [1.807, 2.05) is 0 Å². The van der Waals surface area contributed by atoms with Crippen molar-refractivity contribution in [2.24, 2.45) is 5.10 Å². The number of aromatic nitrogens is 3. The number of carbonyl (C=O) groups is 1. The Balaban J connectivity index is 1.94. The summed E-state index contributed by atoms with van der Waals surface area (Å²) >= 11 is 0. The SMILES string of the molecule is COc1ccc(/C=N/NC(=O)c2nc(N)n[nH]2)cc1. The fraction of sp³-hybridized carbons (Fsp3) is 0.0909. The molecule has 0 bridgehead atoms. The number of hydrazone groups is 1. The lowest BCUT2D eigenvalue weighted by Gasteiger charge is -1.99. The van der Waals surface area contributed by atoms with Crippen molar-refractivity contribution < 1.29 is 9.53 Å². The second kappa shape index (κ2) is 5.63.